The van der Waals surface area contributed by atoms with E-state index in [4.69, 9.17) is 9.84 Å². The second kappa shape index (κ2) is 19.2. The number of carbonyl (C=O) groups is 1. The fourth-order valence-electron chi connectivity index (χ4n) is 3.38. The molecule has 0 saturated carbocycles. The van der Waals surface area contributed by atoms with Crippen molar-refractivity contribution in [1.82, 2.24) is 0 Å². The first-order valence-electron chi connectivity index (χ1n) is 11.2. The molecule has 0 bridgehead atoms. The Hall–Kier alpha value is -0.570. The first-order valence-corrected chi connectivity index (χ1v) is 11.2. The van der Waals surface area contributed by atoms with Crippen LogP contribution in [0, 0.1) is 18.8 Å². The zero-order valence-electron chi connectivity index (χ0n) is 17.6. The first kappa shape index (κ1) is 25.4. The third-order valence-corrected chi connectivity index (χ3v) is 5.16. The zero-order chi connectivity index (χ0) is 19.5. The standard InChI is InChI=1S/C23H45O3/c1-4-6-8-10-12-15-22(16-13-11-9-7-5-2)17-14-18-23(25)26-20-21(3)19-24/h21-22,24H,3-20H2,1-2H3. The van der Waals surface area contributed by atoms with Crippen molar-refractivity contribution < 1.29 is 14.6 Å². The zero-order valence-corrected chi connectivity index (χ0v) is 17.6. The van der Waals surface area contributed by atoms with Gasteiger partial charge in [0.15, 0.2) is 0 Å². The van der Waals surface area contributed by atoms with E-state index in [1.54, 1.807) is 0 Å². The molecule has 0 amide bonds. The fourth-order valence-corrected chi connectivity index (χ4v) is 3.38. The highest BCUT2D eigenvalue weighted by Crippen LogP contribution is 2.24. The Morgan fingerprint density at radius 3 is 1.85 bits per heavy atom. The lowest BCUT2D eigenvalue weighted by Gasteiger charge is -2.17. The van der Waals surface area contributed by atoms with Crippen molar-refractivity contribution in [2.24, 2.45) is 11.8 Å². The van der Waals surface area contributed by atoms with Gasteiger partial charge in [-0.3, -0.25) is 4.79 Å². The SMILES string of the molecule is [CH2]C(CO)COC(=O)CCCC(CCCCCCC)CCCCCCC. The van der Waals surface area contributed by atoms with Crippen LogP contribution in [-0.2, 0) is 9.53 Å². The van der Waals surface area contributed by atoms with Gasteiger partial charge in [-0.2, -0.15) is 0 Å². The molecule has 0 heterocycles. The highest BCUT2D eigenvalue weighted by Gasteiger charge is 2.11. The molecule has 26 heavy (non-hydrogen) atoms. The molecule has 155 valence electrons. The number of aliphatic hydroxyl groups is 1. The quantitative estimate of drug-likeness (QED) is 0.209. The van der Waals surface area contributed by atoms with Gasteiger partial charge in [-0.15, -0.1) is 0 Å². The summed E-state index contributed by atoms with van der Waals surface area (Å²) in [7, 11) is 0. The Kier molecular flexibility index (Phi) is 18.8. The summed E-state index contributed by atoms with van der Waals surface area (Å²) in [5.41, 5.74) is 0. The van der Waals surface area contributed by atoms with Crippen molar-refractivity contribution in [1.29, 1.82) is 0 Å². The lowest BCUT2D eigenvalue weighted by Crippen LogP contribution is -2.15. The molecule has 0 aliphatic carbocycles. The summed E-state index contributed by atoms with van der Waals surface area (Å²) >= 11 is 0. The average molecular weight is 370 g/mol. The molecule has 1 N–H and O–H groups in total. The Morgan fingerprint density at radius 1 is 0.846 bits per heavy atom. The number of esters is 1. The predicted octanol–water partition coefficient (Wildman–Crippen LogP) is 6.48. The van der Waals surface area contributed by atoms with Crippen LogP contribution in [0.5, 0.6) is 0 Å². The minimum absolute atomic E-state index is 0.0363. The van der Waals surface area contributed by atoms with Gasteiger partial charge in [0, 0.05) is 18.9 Å². The van der Waals surface area contributed by atoms with E-state index in [0.29, 0.717) is 6.42 Å². The summed E-state index contributed by atoms with van der Waals surface area (Å²) in [4.78, 5) is 11.8. The predicted molar refractivity (Wildman–Crippen MR) is 111 cm³/mol. The van der Waals surface area contributed by atoms with E-state index < -0.39 is 0 Å². The highest BCUT2D eigenvalue weighted by atomic mass is 16.5. The molecule has 0 aromatic carbocycles. The van der Waals surface area contributed by atoms with Crippen molar-refractivity contribution in [3.63, 3.8) is 0 Å². The number of hydrogen-bond donors (Lipinski definition) is 1. The van der Waals surface area contributed by atoms with Crippen LogP contribution in [0.25, 0.3) is 0 Å². The molecule has 0 aliphatic heterocycles. The second-order valence-corrected chi connectivity index (χ2v) is 7.90. The average Bonchev–Trinajstić information content (AvgIpc) is 2.65. The maximum atomic E-state index is 11.8. The van der Waals surface area contributed by atoms with E-state index in [-0.39, 0.29) is 25.1 Å². The molecule has 0 aromatic heterocycles. The summed E-state index contributed by atoms with van der Waals surface area (Å²) in [6.45, 7) is 8.43. The van der Waals surface area contributed by atoms with Crippen molar-refractivity contribution in [3.8, 4) is 0 Å². The smallest absolute Gasteiger partial charge is 0.305 e. The molecule has 0 saturated heterocycles. The Labute approximate surface area is 163 Å². The fraction of sp³-hybridized carbons (Fsp3) is 0.913. The van der Waals surface area contributed by atoms with Gasteiger partial charge in [0.05, 0.1) is 6.61 Å². The highest BCUT2D eigenvalue weighted by molar-refractivity contribution is 5.69. The molecule has 1 radical (unpaired) electrons. The first-order chi connectivity index (χ1) is 12.6. The topological polar surface area (TPSA) is 46.5 Å². The molecule has 0 fully saturated rings. The summed E-state index contributed by atoms with van der Waals surface area (Å²) in [6.07, 6.45) is 18.6. The van der Waals surface area contributed by atoms with Gasteiger partial charge in [0.1, 0.15) is 0 Å². The molecule has 0 aromatic rings. The summed E-state index contributed by atoms with van der Waals surface area (Å²) in [5, 5.41) is 8.92. The van der Waals surface area contributed by atoms with E-state index >= 15 is 0 Å². The largest absolute Gasteiger partial charge is 0.465 e. The normalized spacial score (nSPS) is 12.5. The van der Waals surface area contributed by atoms with Crippen LogP contribution in [0.1, 0.15) is 110 Å². The van der Waals surface area contributed by atoms with Crippen LogP contribution in [0.2, 0.25) is 0 Å². The van der Waals surface area contributed by atoms with Crippen molar-refractivity contribution in [3.05, 3.63) is 6.92 Å². The van der Waals surface area contributed by atoms with Gasteiger partial charge in [-0.25, -0.2) is 0 Å². The molecular formula is C23H45O3. The molecule has 0 spiro atoms. The third-order valence-electron chi connectivity index (χ3n) is 5.16. The van der Waals surface area contributed by atoms with Crippen molar-refractivity contribution in [2.75, 3.05) is 13.2 Å². The second-order valence-electron chi connectivity index (χ2n) is 7.90. The van der Waals surface area contributed by atoms with Crippen LogP contribution in [0.15, 0.2) is 0 Å². The van der Waals surface area contributed by atoms with Gasteiger partial charge in [0.25, 0.3) is 0 Å². The molecule has 0 rings (SSSR count). The summed E-state index contributed by atoms with van der Waals surface area (Å²) in [6, 6.07) is 0. The van der Waals surface area contributed by atoms with Crippen LogP contribution in [-0.4, -0.2) is 24.3 Å². The van der Waals surface area contributed by atoms with E-state index in [0.717, 1.165) is 18.8 Å². The van der Waals surface area contributed by atoms with Gasteiger partial charge in [0.2, 0.25) is 0 Å². The van der Waals surface area contributed by atoms with Gasteiger partial charge < -0.3 is 9.84 Å². The van der Waals surface area contributed by atoms with Gasteiger partial charge in [-0.05, 0) is 25.7 Å². The molecule has 1 atom stereocenters. The molecular weight excluding hydrogens is 324 g/mol. The van der Waals surface area contributed by atoms with Crippen LogP contribution < -0.4 is 0 Å². The van der Waals surface area contributed by atoms with E-state index in [9.17, 15) is 4.79 Å². The van der Waals surface area contributed by atoms with Crippen LogP contribution in [0.3, 0.4) is 0 Å². The van der Waals surface area contributed by atoms with Crippen LogP contribution >= 0.6 is 0 Å². The van der Waals surface area contributed by atoms with Gasteiger partial charge >= 0.3 is 5.97 Å². The summed E-state index contributed by atoms with van der Waals surface area (Å²) in [5.74, 6) is 0.416. The van der Waals surface area contributed by atoms with Crippen LogP contribution in [0.4, 0.5) is 0 Å². The Bertz CT molecular complexity index is 290. The Morgan fingerprint density at radius 2 is 1.35 bits per heavy atom. The van der Waals surface area contributed by atoms with Crippen molar-refractivity contribution in [2.45, 2.75) is 110 Å². The number of unbranched alkanes of at least 4 members (excludes halogenated alkanes) is 8. The molecule has 3 heteroatoms. The Balaban J connectivity index is 3.97. The number of ether oxygens (including phenoxy) is 1. The van der Waals surface area contributed by atoms with E-state index in [1.165, 1.54) is 77.0 Å². The minimum Gasteiger partial charge on any atom is -0.465 e. The monoisotopic (exact) mass is 369 g/mol. The number of hydrogen-bond acceptors (Lipinski definition) is 3. The van der Waals surface area contributed by atoms with E-state index in [2.05, 4.69) is 20.8 Å². The maximum absolute atomic E-state index is 11.8. The molecule has 3 nitrogen and oxygen atoms in total. The number of rotatable bonds is 19. The molecule has 1 unspecified atom stereocenters. The van der Waals surface area contributed by atoms with Crippen molar-refractivity contribution >= 4 is 5.97 Å². The maximum Gasteiger partial charge on any atom is 0.305 e. The number of aliphatic hydroxyl groups excluding tert-OH is 1. The van der Waals surface area contributed by atoms with Gasteiger partial charge in [-0.1, -0.05) is 90.9 Å². The molecule has 0 aliphatic rings. The third kappa shape index (κ3) is 16.9. The number of carbonyl (C=O) groups excluding carboxylic acids is 1. The van der Waals surface area contributed by atoms with E-state index in [1.807, 2.05) is 0 Å². The lowest BCUT2D eigenvalue weighted by atomic mass is 9.90. The minimum atomic E-state index is -0.210. The lowest BCUT2D eigenvalue weighted by molar-refractivity contribution is -0.145. The summed E-state index contributed by atoms with van der Waals surface area (Å²) < 4.78 is 5.17.